The predicted molar refractivity (Wildman–Crippen MR) is 80.8 cm³/mol. The molecule has 2 heterocycles. The summed E-state index contributed by atoms with van der Waals surface area (Å²) in [6, 6.07) is 6.45. The van der Waals surface area contributed by atoms with Crippen molar-refractivity contribution in [1.82, 2.24) is 14.9 Å². The molecule has 1 aromatic carbocycles. The van der Waals surface area contributed by atoms with E-state index < -0.39 is 0 Å². The average Bonchev–Trinajstić information content (AvgIpc) is 2.93. The third-order valence-corrected chi connectivity index (χ3v) is 3.89. The van der Waals surface area contributed by atoms with Crippen LogP contribution in [0.1, 0.15) is 23.9 Å². The molecule has 1 aliphatic heterocycles. The van der Waals surface area contributed by atoms with E-state index in [2.05, 4.69) is 27.0 Å². The second kappa shape index (κ2) is 6.18. The van der Waals surface area contributed by atoms with Gasteiger partial charge in [0, 0.05) is 31.9 Å². The fourth-order valence-electron chi connectivity index (χ4n) is 2.67. The maximum absolute atomic E-state index is 5.66. The minimum absolute atomic E-state index is 0.275. The summed E-state index contributed by atoms with van der Waals surface area (Å²) in [6.07, 6.45) is 5.74. The summed E-state index contributed by atoms with van der Waals surface area (Å²) in [5.74, 6) is 2.78. The second-order valence-corrected chi connectivity index (χ2v) is 5.24. The van der Waals surface area contributed by atoms with E-state index in [0.717, 1.165) is 30.2 Å². The Morgan fingerprint density at radius 2 is 2.10 bits per heavy atom. The SMILES string of the molecule is CNC(CCc1nccn1C)c1ccc2c(c1)OCCO2. The zero-order valence-electron chi connectivity index (χ0n) is 12.5. The topological polar surface area (TPSA) is 48.3 Å². The van der Waals surface area contributed by atoms with Crippen LogP contribution in [0.3, 0.4) is 0 Å². The molecule has 2 aromatic rings. The monoisotopic (exact) mass is 287 g/mol. The molecule has 1 unspecified atom stereocenters. The second-order valence-electron chi connectivity index (χ2n) is 5.24. The number of ether oxygens (including phenoxy) is 2. The van der Waals surface area contributed by atoms with E-state index in [1.807, 2.05) is 32.6 Å². The molecule has 112 valence electrons. The van der Waals surface area contributed by atoms with Crippen LogP contribution < -0.4 is 14.8 Å². The van der Waals surface area contributed by atoms with Crippen molar-refractivity contribution in [3.05, 3.63) is 42.0 Å². The third kappa shape index (κ3) is 3.03. The van der Waals surface area contributed by atoms with Crippen molar-refractivity contribution in [1.29, 1.82) is 0 Å². The largest absolute Gasteiger partial charge is 0.486 e. The van der Waals surface area contributed by atoms with Crippen LogP contribution in [0.2, 0.25) is 0 Å². The summed E-state index contributed by atoms with van der Waals surface area (Å²) in [5, 5.41) is 3.37. The molecular weight excluding hydrogens is 266 g/mol. The maximum Gasteiger partial charge on any atom is 0.161 e. The number of benzene rings is 1. The van der Waals surface area contributed by atoms with Gasteiger partial charge in [0.1, 0.15) is 19.0 Å². The van der Waals surface area contributed by atoms with Crippen LogP contribution in [0.15, 0.2) is 30.6 Å². The molecule has 21 heavy (non-hydrogen) atoms. The fourth-order valence-corrected chi connectivity index (χ4v) is 2.67. The number of aromatic nitrogens is 2. The number of nitrogens with zero attached hydrogens (tertiary/aromatic N) is 2. The van der Waals surface area contributed by atoms with Crippen molar-refractivity contribution < 1.29 is 9.47 Å². The molecule has 0 fully saturated rings. The first kappa shape index (κ1) is 13.9. The van der Waals surface area contributed by atoms with Gasteiger partial charge in [-0.1, -0.05) is 6.07 Å². The highest BCUT2D eigenvalue weighted by Gasteiger charge is 2.16. The molecule has 0 aliphatic carbocycles. The van der Waals surface area contributed by atoms with Crippen molar-refractivity contribution in [2.45, 2.75) is 18.9 Å². The molecule has 0 saturated carbocycles. The molecule has 5 nitrogen and oxygen atoms in total. The van der Waals surface area contributed by atoms with Crippen molar-refractivity contribution in [3.63, 3.8) is 0 Å². The van der Waals surface area contributed by atoms with Crippen LogP contribution in [-0.4, -0.2) is 29.8 Å². The van der Waals surface area contributed by atoms with Gasteiger partial charge >= 0.3 is 0 Å². The van der Waals surface area contributed by atoms with Gasteiger partial charge in [0.05, 0.1) is 0 Å². The van der Waals surface area contributed by atoms with Crippen LogP contribution in [0.25, 0.3) is 0 Å². The number of imidazole rings is 1. The molecule has 1 aliphatic rings. The summed E-state index contributed by atoms with van der Waals surface area (Å²) in [4.78, 5) is 4.38. The van der Waals surface area contributed by atoms with Crippen LogP contribution in [-0.2, 0) is 13.5 Å². The minimum Gasteiger partial charge on any atom is -0.486 e. The minimum atomic E-state index is 0.275. The normalized spacial score (nSPS) is 15.0. The quantitative estimate of drug-likeness (QED) is 0.915. The first-order valence-corrected chi connectivity index (χ1v) is 7.31. The molecule has 0 saturated heterocycles. The summed E-state index contributed by atoms with van der Waals surface area (Å²) in [7, 11) is 4.01. The summed E-state index contributed by atoms with van der Waals surface area (Å²) in [6.45, 7) is 1.24. The number of aryl methyl sites for hydroxylation is 2. The molecule has 0 spiro atoms. The number of hydrogen-bond donors (Lipinski definition) is 1. The lowest BCUT2D eigenvalue weighted by Gasteiger charge is -2.22. The van der Waals surface area contributed by atoms with E-state index in [1.165, 1.54) is 5.56 Å². The number of hydrogen-bond acceptors (Lipinski definition) is 4. The van der Waals surface area contributed by atoms with Gasteiger partial charge in [-0.2, -0.15) is 0 Å². The molecule has 5 heteroatoms. The van der Waals surface area contributed by atoms with E-state index in [1.54, 1.807) is 0 Å². The van der Waals surface area contributed by atoms with E-state index in [9.17, 15) is 0 Å². The first-order valence-electron chi connectivity index (χ1n) is 7.31. The summed E-state index contributed by atoms with van der Waals surface area (Å²) in [5.41, 5.74) is 1.22. The van der Waals surface area contributed by atoms with E-state index in [-0.39, 0.29) is 6.04 Å². The highest BCUT2D eigenvalue weighted by Crippen LogP contribution is 2.33. The van der Waals surface area contributed by atoms with Gasteiger partial charge in [-0.3, -0.25) is 0 Å². The maximum atomic E-state index is 5.66. The van der Waals surface area contributed by atoms with Gasteiger partial charge in [-0.05, 0) is 31.2 Å². The Labute approximate surface area is 124 Å². The summed E-state index contributed by atoms with van der Waals surface area (Å²) >= 11 is 0. The van der Waals surface area contributed by atoms with Gasteiger partial charge in [0.2, 0.25) is 0 Å². The average molecular weight is 287 g/mol. The Morgan fingerprint density at radius 1 is 1.29 bits per heavy atom. The zero-order valence-corrected chi connectivity index (χ0v) is 12.5. The predicted octanol–water partition coefficient (Wildman–Crippen LogP) is 2.08. The first-order chi connectivity index (χ1) is 10.3. The van der Waals surface area contributed by atoms with E-state index in [4.69, 9.17) is 9.47 Å². The zero-order chi connectivity index (χ0) is 14.7. The van der Waals surface area contributed by atoms with Crippen LogP contribution in [0, 0.1) is 0 Å². The van der Waals surface area contributed by atoms with Crippen molar-refractivity contribution in [3.8, 4) is 11.5 Å². The smallest absolute Gasteiger partial charge is 0.161 e. The Bertz CT molecular complexity index is 609. The molecule has 1 N–H and O–H groups in total. The van der Waals surface area contributed by atoms with E-state index >= 15 is 0 Å². The number of rotatable bonds is 5. The molecular formula is C16H21N3O2. The van der Waals surface area contributed by atoms with Crippen LogP contribution in [0.5, 0.6) is 11.5 Å². The molecule has 3 rings (SSSR count). The molecule has 0 bridgehead atoms. The highest BCUT2D eigenvalue weighted by atomic mass is 16.6. The Kier molecular flexibility index (Phi) is 4.10. The van der Waals surface area contributed by atoms with Crippen molar-refractivity contribution in [2.75, 3.05) is 20.3 Å². The Hall–Kier alpha value is -2.01. The Balaban J connectivity index is 1.72. The molecule has 0 amide bonds. The molecule has 0 radical (unpaired) electrons. The van der Waals surface area contributed by atoms with Crippen LogP contribution >= 0.6 is 0 Å². The lowest BCUT2D eigenvalue weighted by molar-refractivity contribution is 0.171. The lowest BCUT2D eigenvalue weighted by atomic mass is 10.0. The fraction of sp³-hybridized carbons (Fsp3) is 0.438. The third-order valence-electron chi connectivity index (χ3n) is 3.89. The highest BCUT2D eigenvalue weighted by molar-refractivity contribution is 5.44. The van der Waals surface area contributed by atoms with Crippen molar-refractivity contribution >= 4 is 0 Å². The van der Waals surface area contributed by atoms with Gasteiger partial charge in [0.15, 0.2) is 11.5 Å². The van der Waals surface area contributed by atoms with Gasteiger partial charge in [-0.15, -0.1) is 0 Å². The van der Waals surface area contributed by atoms with Crippen molar-refractivity contribution in [2.24, 2.45) is 7.05 Å². The lowest BCUT2D eigenvalue weighted by Crippen LogP contribution is -2.19. The standard InChI is InChI=1S/C16H21N3O2/c1-17-13(4-6-16-18-7-8-19(16)2)12-3-5-14-15(11-12)21-10-9-20-14/h3,5,7-8,11,13,17H,4,6,9-10H2,1-2H3. The van der Waals surface area contributed by atoms with Gasteiger partial charge < -0.3 is 19.4 Å². The summed E-state index contributed by atoms with van der Waals surface area (Å²) < 4.78 is 13.3. The van der Waals surface area contributed by atoms with E-state index in [0.29, 0.717) is 13.2 Å². The Morgan fingerprint density at radius 3 is 2.81 bits per heavy atom. The van der Waals surface area contributed by atoms with Gasteiger partial charge in [-0.25, -0.2) is 4.98 Å². The number of fused-ring (bicyclic) bond motifs is 1. The molecule has 1 atom stereocenters. The number of nitrogens with one attached hydrogen (secondary N) is 1. The molecule has 1 aromatic heterocycles. The van der Waals surface area contributed by atoms with Gasteiger partial charge in [0.25, 0.3) is 0 Å². The van der Waals surface area contributed by atoms with Crippen LogP contribution in [0.4, 0.5) is 0 Å².